The van der Waals surface area contributed by atoms with Crippen LogP contribution in [0.2, 0.25) is 10.0 Å². The van der Waals surface area contributed by atoms with Crippen molar-refractivity contribution in [2.24, 2.45) is 0 Å². The lowest BCUT2D eigenvalue weighted by Gasteiger charge is -2.26. The van der Waals surface area contributed by atoms with Gasteiger partial charge in [-0.2, -0.15) is 4.31 Å². The van der Waals surface area contributed by atoms with E-state index < -0.39 is 16.0 Å². The molecule has 0 radical (unpaired) electrons. The van der Waals surface area contributed by atoms with Gasteiger partial charge in [0.15, 0.2) is 0 Å². The van der Waals surface area contributed by atoms with E-state index in [4.69, 9.17) is 28.3 Å². The van der Waals surface area contributed by atoms with Gasteiger partial charge in [-0.1, -0.05) is 29.6 Å². The quantitative estimate of drug-likeness (QED) is 0.920. The molecule has 0 aliphatic carbocycles. The number of carboxylic acids is 1. The van der Waals surface area contributed by atoms with E-state index in [-0.39, 0.29) is 20.5 Å². The number of hydrogen-bond acceptors (Lipinski definition) is 3. The molecular formula is C12H13Cl2NO4S. The lowest BCUT2D eigenvalue weighted by molar-refractivity contribution is 0.0697. The Morgan fingerprint density at radius 2 is 1.75 bits per heavy atom. The number of halogens is 2. The van der Waals surface area contributed by atoms with Gasteiger partial charge in [0.25, 0.3) is 0 Å². The molecule has 8 heteroatoms. The fourth-order valence-electron chi connectivity index (χ4n) is 2.12. The Balaban J connectivity index is 2.49. The van der Waals surface area contributed by atoms with Gasteiger partial charge in [-0.05, 0) is 25.0 Å². The van der Waals surface area contributed by atoms with E-state index in [2.05, 4.69) is 0 Å². The van der Waals surface area contributed by atoms with Gasteiger partial charge in [0, 0.05) is 13.1 Å². The maximum absolute atomic E-state index is 12.5. The maximum Gasteiger partial charge on any atom is 0.337 e. The number of carboxylic acid groups (broad SMARTS) is 1. The second kappa shape index (κ2) is 5.89. The summed E-state index contributed by atoms with van der Waals surface area (Å²) in [6, 6.07) is 2.25. The Kier molecular flexibility index (Phi) is 4.59. The molecule has 0 spiro atoms. The molecule has 0 aromatic heterocycles. The van der Waals surface area contributed by atoms with Gasteiger partial charge in [-0.15, -0.1) is 0 Å². The van der Waals surface area contributed by atoms with E-state index in [0.717, 1.165) is 25.3 Å². The Hall–Kier alpha value is -0.820. The van der Waals surface area contributed by atoms with Gasteiger partial charge >= 0.3 is 5.97 Å². The van der Waals surface area contributed by atoms with Crippen molar-refractivity contribution in [2.75, 3.05) is 13.1 Å². The van der Waals surface area contributed by atoms with Crippen LogP contribution in [0.5, 0.6) is 0 Å². The molecule has 1 saturated heterocycles. The molecule has 2 rings (SSSR count). The van der Waals surface area contributed by atoms with Crippen molar-refractivity contribution in [3.05, 3.63) is 27.7 Å². The van der Waals surface area contributed by atoms with Gasteiger partial charge < -0.3 is 5.11 Å². The van der Waals surface area contributed by atoms with E-state index in [1.165, 1.54) is 10.4 Å². The maximum atomic E-state index is 12.5. The number of hydrogen-bond donors (Lipinski definition) is 1. The van der Waals surface area contributed by atoms with Crippen LogP contribution in [0, 0.1) is 0 Å². The van der Waals surface area contributed by atoms with Crippen LogP contribution in [0.3, 0.4) is 0 Å². The summed E-state index contributed by atoms with van der Waals surface area (Å²) in [7, 11) is -3.73. The summed E-state index contributed by atoms with van der Waals surface area (Å²) in [4.78, 5) is 10.9. The molecule has 1 N–H and O–H groups in total. The fourth-order valence-corrected chi connectivity index (χ4v) is 4.17. The zero-order chi connectivity index (χ0) is 14.9. The van der Waals surface area contributed by atoms with Crippen molar-refractivity contribution < 1.29 is 18.3 Å². The topological polar surface area (TPSA) is 74.7 Å². The first-order valence-electron chi connectivity index (χ1n) is 6.06. The Morgan fingerprint density at radius 1 is 1.15 bits per heavy atom. The van der Waals surface area contributed by atoms with Crippen molar-refractivity contribution >= 4 is 39.2 Å². The predicted molar refractivity (Wildman–Crippen MR) is 76.0 cm³/mol. The van der Waals surface area contributed by atoms with Crippen LogP contribution in [-0.2, 0) is 10.0 Å². The van der Waals surface area contributed by atoms with Gasteiger partial charge in [0.1, 0.15) is 0 Å². The van der Waals surface area contributed by atoms with Crippen LogP contribution in [0.15, 0.2) is 17.0 Å². The predicted octanol–water partition coefficient (Wildman–Crippen LogP) is 2.87. The molecule has 5 nitrogen and oxygen atoms in total. The highest BCUT2D eigenvalue weighted by atomic mass is 35.5. The molecule has 0 amide bonds. The SMILES string of the molecule is O=C(O)c1cc(S(=O)(=O)N2CCCCC2)cc(Cl)c1Cl. The van der Waals surface area contributed by atoms with Crippen LogP contribution >= 0.6 is 23.2 Å². The molecule has 0 unspecified atom stereocenters. The van der Waals surface area contributed by atoms with Crippen LogP contribution in [0.4, 0.5) is 0 Å². The highest BCUT2D eigenvalue weighted by Crippen LogP contribution is 2.31. The Bertz CT molecular complexity index is 639. The molecule has 1 fully saturated rings. The van der Waals surface area contributed by atoms with Crippen molar-refractivity contribution in [3.8, 4) is 0 Å². The Morgan fingerprint density at radius 3 is 2.30 bits per heavy atom. The van der Waals surface area contributed by atoms with Crippen LogP contribution in [0.25, 0.3) is 0 Å². The molecule has 1 aliphatic heterocycles. The molecule has 0 saturated carbocycles. The molecule has 0 bridgehead atoms. The smallest absolute Gasteiger partial charge is 0.337 e. The molecule has 0 atom stereocenters. The van der Waals surface area contributed by atoms with Gasteiger partial charge in [0.2, 0.25) is 10.0 Å². The minimum atomic E-state index is -3.73. The minimum Gasteiger partial charge on any atom is -0.478 e. The zero-order valence-corrected chi connectivity index (χ0v) is 12.8. The van der Waals surface area contributed by atoms with E-state index in [1.54, 1.807) is 0 Å². The second-order valence-electron chi connectivity index (χ2n) is 4.54. The third kappa shape index (κ3) is 2.93. The summed E-state index contributed by atoms with van der Waals surface area (Å²) in [5.74, 6) is -1.31. The zero-order valence-electron chi connectivity index (χ0n) is 10.5. The van der Waals surface area contributed by atoms with E-state index >= 15 is 0 Å². The van der Waals surface area contributed by atoms with Crippen LogP contribution in [0.1, 0.15) is 29.6 Å². The summed E-state index contributed by atoms with van der Waals surface area (Å²) in [6.45, 7) is 0.871. The lowest BCUT2D eigenvalue weighted by Crippen LogP contribution is -2.35. The highest BCUT2D eigenvalue weighted by Gasteiger charge is 2.28. The van der Waals surface area contributed by atoms with Crippen molar-refractivity contribution in [1.29, 1.82) is 0 Å². The first kappa shape index (κ1) is 15.6. The molecule has 1 heterocycles. The van der Waals surface area contributed by atoms with E-state index in [1.807, 2.05) is 0 Å². The van der Waals surface area contributed by atoms with Crippen LogP contribution < -0.4 is 0 Å². The van der Waals surface area contributed by atoms with Gasteiger partial charge in [0.05, 0.1) is 20.5 Å². The largest absolute Gasteiger partial charge is 0.478 e. The number of nitrogens with zero attached hydrogens (tertiary/aromatic N) is 1. The number of sulfonamides is 1. The molecule has 110 valence electrons. The molecule has 1 aromatic rings. The minimum absolute atomic E-state index is 0.0813. The first-order valence-corrected chi connectivity index (χ1v) is 8.26. The van der Waals surface area contributed by atoms with E-state index in [9.17, 15) is 13.2 Å². The first-order chi connectivity index (χ1) is 9.34. The summed E-state index contributed by atoms with van der Waals surface area (Å²) >= 11 is 11.6. The summed E-state index contributed by atoms with van der Waals surface area (Å²) in [5.41, 5.74) is -0.310. The Labute approximate surface area is 127 Å². The summed E-state index contributed by atoms with van der Waals surface area (Å²) in [5, 5.41) is 8.80. The van der Waals surface area contributed by atoms with Gasteiger partial charge in [-0.3, -0.25) is 0 Å². The van der Waals surface area contributed by atoms with Crippen molar-refractivity contribution in [1.82, 2.24) is 4.31 Å². The summed E-state index contributed by atoms with van der Waals surface area (Å²) < 4.78 is 26.3. The third-order valence-corrected chi connectivity index (χ3v) is 5.86. The third-order valence-electron chi connectivity index (χ3n) is 3.18. The number of rotatable bonds is 3. The van der Waals surface area contributed by atoms with Gasteiger partial charge in [-0.25, -0.2) is 13.2 Å². The fraction of sp³-hybridized carbons (Fsp3) is 0.417. The van der Waals surface area contributed by atoms with E-state index in [0.29, 0.717) is 13.1 Å². The standard InChI is InChI=1S/C12H13Cl2NO4S/c13-10-7-8(6-9(11(10)14)12(16)17)20(18,19)15-4-2-1-3-5-15/h6-7H,1-5H2,(H,16,17). The molecule has 1 aliphatic rings. The highest BCUT2D eigenvalue weighted by molar-refractivity contribution is 7.89. The molecule has 1 aromatic carbocycles. The van der Waals surface area contributed by atoms with Crippen molar-refractivity contribution in [3.63, 3.8) is 0 Å². The number of piperidine rings is 1. The normalized spacial score (nSPS) is 17.1. The second-order valence-corrected chi connectivity index (χ2v) is 7.26. The lowest BCUT2D eigenvalue weighted by atomic mass is 10.2. The number of carbonyl (C=O) groups is 1. The average molecular weight is 338 g/mol. The monoisotopic (exact) mass is 337 g/mol. The molecular weight excluding hydrogens is 325 g/mol. The summed E-state index contributed by atoms with van der Waals surface area (Å²) in [6.07, 6.45) is 2.59. The number of aromatic carboxylic acids is 1. The molecule has 20 heavy (non-hydrogen) atoms. The average Bonchev–Trinajstić information content (AvgIpc) is 2.42. The van der Waals surface area contributed by atoms with Crippen molar-refractivity contribution in [2.45, 2.75) is 24.2 Å². The van der Waals surface area contributed by atoms with Crippen LogP contribution in [-0.4, -0.2) is 36.9 Å². The number of benzene rings is 1.